The van der Waals surface area contributed by atoms with Crippen LogP contribution < -0.4 is 10.0 Å². The van der Waals surface area contributed by atoms with Crippen LogP contribution in [-0.2, 0) is 28.7 Å². The van der Waals surface area contributed by atoms with Gasteiger partial charge in [0.25, 0.3) is 0 Å². The number of halogens is 1. The third-order valence-corrected chi connectivity index (χ3v) is 7.39. The summed E-state index contributed by atoms with van der Waals surface area (Å²) in [6, 6.07) is 17.0. The van der Waals surface area contributed by atoms with Gasteiger partial charge in [0, 0.05) is 16.5 Å². The Hall–Kier alpha value is -3.63. The number of hydrogen-bond donors (Lipinski definition) is 2. The molecule has 41 heavy (non-hydrogen) atoms. The van der Waals surface area contributed by atoms with Crippen LogP contribution in [0.25, 0.3) is 10.8 Å². The lowest BCUT2D eigenvalue weighted by Crippen LogP contribution is -2.72. The number of amides is 1. The average molecular weight is 582 g/mol. The fourth-order valence-corrected chi connectivity index (χ4v) is 5.74. The third kappa shape index (κ3) is 6.04. The second kappa shape index (κ2) is 11.7. The smallest absolute Gasteiger partial charge is 0.363 e. The van der Waals surface area contributed by atoms with E-state index in [1.165, 1.54) is 0 Å². The van der Waals surface area contributed by atoms with Crippen LogP contribution in [0.1, 0.15) is 44.9 Å². The van der Waals surface area contributed by atoms with Gasteiger partial charge >= 0.3 is 17.8 Å². The van der Waals surface area contributed by atoms with Crippen molar-refractivity contribution in [1.82, 2.24) is 10.0 Å². The molecule has 1 unspecified atom stereocenters. The minimum absolute atomic E-state index is 0.0871. The lowest BCUT2D eigenvalue weighted by molar-refractivity contribution is -0.160. The minimum Gasteiger partial charge on any atom is -0.481 e. The number of hydrogen-bond acceptors (Lipinski definition) is 7. The van der Waals surface area contributed by atoms with Gasteiger partial charge in [-0.25, -0.2) is 4.79 Å². The van der Waals surface area contributed by atoms with Crippen molar-refractivity contribution in [2.24, 2.45) is 11.3 Å². The van der Waals surface area contributed by atoms with E-state index in [1.54, 1.807) is 18.2 Å². The number of quaternary nitrogens is 1. The predicted molar refractivity (Wildman–Crippen MR) is 155 cm³/mol. The summed E-state index contributed by atoms with van der Waals surface area (Å²) in [5.74, 6) is -5.56. The molecule has 10 heteroatoms. The summed E-state index contributed by atoms with van der Waals surface area (Å²) in [6.07, 6.45) is -0.722. The van der Waals surface area contributed by atoms with Gasteiger partial charge < -0.3 is 14.6 Å². The van der Waals surface area contributed by atoms with Crippen LogP contribution in [-0.4, -0.2) is 55.0 Å². The molecule has 0 bridgehead atoms. The standard InChI is InChI=1S/C31H33ClN2O7/c1-18(35)26(29(37)38)27(30(39)40-5)33-34(17-31(2,3)4)24-14-13-20(32)15-23(24)28(41-16-25(34)36)22-12-8-10-19-9-6-7-11-21(19)22/h6-15,26-28,33H,16-17H2,1-5H3/p+1/t26?,27-,28+,34-/m0/s1. The van der Waals surface area contributed by atoms with Crippen molar-refractivity contribution in [3.63, 3.8) is 0 Å². The van der Waals surface area contributed by atoms with Gasteiger partial charge in [-0.3, -0.25) is 14.4 Å². The monoisotopic (exact) mass is 581 g/mol. The van der Waals surface area contributed by atoms with Crippen molar-refractivity contribution in [3.05, 3.63) is 76.8 Å². The van der Waals surface area contributed by atoms with Crippen molar-refractivity contribution in [2.45, 2.75) is 39.8 Å². The van der Waals surface area contributed by atoms with E-state index in [2.05, 4.69) is 5.43 Å². The number of rotatable bonds is 8. The fraction of sp³-hybridized carbons (Fsp3) is 0.355. The Labute approximate surface area is 243 Å². The molecule has 0 radical (unpaired) electrons. The van der Waals surface area contributed by atoms with Crippen LogP contribution in [0.4, 0.5) is 5.69 Å². The van der Waals surface area contributed by atoms with Crippen molar-refractivity contribution in [1.29, 1.82) is 0 Å². The molecule has 0 saturated carbocycles. The molecule has 3 aromatic rings. The van der Waals surface area contributed by atoms with Crippen LogP contribution in [0.5, 0.6) is 0 Å². The van der Waals surface area contributed by atoms with Gasteiger partial charge in [-0.05, 0) is 35.4 Å². The van der Waals surface area contributed by atoms with Crippen LogP contribution >= 0.6 is 11.6 Å². The van der Waals surface area contributed by atoms with Gasteiger partial charge in [0.05, 0.1) is 12.7 Å². The number of carbonyl (C=O) groups excluding carboxylic acids is 3. The third-order valence-electron chi connectivity index (χ3n) is 7.15. The number of Topliss-reactive ketones (excluding diaryl/α,β-unsaturated/α-hetero) is 1. The summed E-state index contributed by atoms with van der Waals surface area (Å²) >= 11 is 6.51. The first-order valence-corrected chi connectivity index (χ1v) is 13.6. The zero-order valence-corrected chi connectivity index (χ0v) is 24.4. The molecular formula is C31H34ClN2O7+. The minimum atomic E-state index is -1.81. The number of nitrogens with one attached hydrogen (secondary N) is 1. The molecule has 216 valence electrons. The number of carboxylic acid groups (broad SMARTS) is 1. The fourth-order valence-electron chi connectivity index (χ4n) is 5.56. The van der Waals surface area contributed by atoms with Gasteiger partial charge in [-0.1, -0.05) is 74.8 Å². The Balaban J connectivity index is 2.02. The Kier molecular flexibility index (Phi) is 8.65. The quantitative estimate of drug-likeness (QED) is 0.221. The van der Waals surface area contributed by atoms with Crippen molar-refractivity contribution in [3.8, 4) is 0 Å². The summed E-state index contributed by atoms with van der Waals surface area (Å²) in [4.78, 5) is 52.1. The highest BCUT2D eigenvalue weighted by Gasteiger charge is 2.53. The molecule has 4 atom stereocenters. The van der Waals surface area contributed by atoms with Gasteiger partial charge in [0.15, 0.2) is 18.3 Å². The molecular weight excluding hydrogens is 548 g/mol. The summed E-state index contributed by atoms with van der Waals surface area (Å²) in [7, 11) is 1.10. The number of benzene rings is 3. The summed E-state index contributed by atoms with van der Waals surface area (Å²) < 4.78 is 10.6. The lowest BCUT2D eigenvalue weighted by Gasteiger charge is -2.41. The first-order valence-electron chi connectivity index (χ1n) is 13.2. The van der Waals surface area contributed by atoms with Crippen LogP contribution in [0.15, 0.2) is 60.7 Å². The van der Waals surface area contributed by atoms with E-state index in [0.717, 1.165) is 30.4 Å². The normalized spacial score (nSPS) is 20.5. The summed E-state index contributed by atoms with van der Waals surface area (Å²) in [5.41, 5.74) is 4.27. The van der Waals surface area contributed by atoms with Gasteiger partial charge in [0.2, 0.25) is 0 Å². The van der Waals surface area contributed by atoms with Gasteiger partial charge in [-0.15, -0.1) is 10.0 Å². The largest absolute Gasteiger partial charge is 0.481 e. The Bertz CT molecular complexity index is 1500. The molecule has 1 aliphatic heterocycles. The van der Waals surface area contributed by atoms with Crippen LogP contribution in [0.2, 0.25) is 5.02 Å². The first-order chi connectivity index (χ1) is 19.3. The Morgan fingerprint density at radius 1 is 1.10 bits per heavy atom. The number of fused-ring (bicyclic) bond motifs is 2. The topological polar surface area (TPSA) is 119 Å². The second-order valence-corrected chi connectivity index (χ2v) is 11.9. The zero-order valence-electron chi connectivity index (χ0n) is 23.6. The van der Waals surface area contributed by atoms with Crippen molar-refractivity contribution >= 4 is 51.7 Å². The highest BCUT2D eigenvalue weighted by atomic mass is 35.5. The van der Waals surface area contributed by atoms with Crippen molar-refractivity contribution < 1.29 is 33.8 Å². The molecule has 0 aliphatic carbocycles. The number of carbonyl (C=O) groups is 4. The molecule has 3 aromatic carbocycles. The number of methoxy groups -OCH3 is 1. The highest BCUT2D eigenvalue weighted by molar-refractivity contribution is 6.30. The van der Waals surface area contributed by atoms with E-state index < -0.39 is 51.7 Å². The van der Waals surface area contributed by atoms with E-state index in [0.29, 0.717) is 16.3 Å². The molecule has 0 spiro atoms. The number of esters is 1. The maximum Gasteiger partial charge on any atom is 0.363 e. The maximum absolute atomic E-state index is 14.3. The van der Waals surface area contributed by atoms with E-state index >= 15 is 0 Å². The molecule has 0 fully saturated rings. The van der Waals surface area contributed by atoms with E-state index in [4.69, 9.17) is 21.1 Å². The van der Waals surface area contributed by atoms with Crippen LogP contribution in [0.3, 0.4) is 0 Å². The molecule has 2 N–H and O–H groups in total. The Morgan fingerprint density at radius 3 is 2.41 bits per heavy atom. The molecule has 1 aliphatic rings. The number of ether oxygens (including phenoxy) is 2. The number of aliphatic carboxylic acids is 1. The molecule has 1 heterocycles. The van der Waals surface area contributed by atoms with E-state index in [1.807, 2.05) is 63.2 Å². The lowest BCUT2D eigenvalue weighted by atomic mass is 9.91. The SMILES string of the molecule is COC(=O)[C@@H](N[N@+]1(CC(C)(C)C)C(=O)CO[C@H](c2cccc3ccccc23)c2cc(Cl)ccc21)C(C(C)=O)C(=O)O. The molecule has 0 saturated heterocycles. The predicted octanol–water partition coefficient (Wildman–Crippen LogP) is 4.83. The molecule has 0 aromatic heterocycles. The van der Waals surface area contributed by atoms with Gasteiger partial charge in [-0.2, -0.15) is 0 Å². The first kappa shape index (κ1) is 30.3. The number of ketones is 1. The van der Waals surface area contributed by atoms with Crippen LogP contribution in [0, 0.1) is 11.3 Å². The Morgan fingerprint density at radius 2 is 1.78 bits per heavy atom. The molecule has 1 amide bonds. The van der Waals surface area contributed by atoms with E-state index in [-0.39, 0.29) is 13.2 Å². The summed E-state index contributed by atoms with van der Waals surface area (Å²) in [6.45, 7) is 6.54. The zero-order chi connectivity index (χ0) is 30.1. The summed E-state index contributed by atoms with van der Waals surface area (Å²) in [5, 5.41) is 12.3. The van der Waals surface area contributed by atoms with Crippen molar-refractivity contribution in [2.75, 3.05) is 20.3 Å². The number of nitrogens with zero attached hydrogens (tertiary/aromatic N) is 1. The number of carboxylic acids is 1. The highest BCUT2D eigenvalue weighted by Crippen LogP contribution is 2.43. The molecule has 9 nitrogen and oxygen atoms in total. The molecule has 4 rings (SSSR count). The maximum atomic E-state index is 14.3. The van der Waals surface area contributed by atoms with Gasteiger partial charge in [0.1, 0.15) is 24.3 Å². The second-order valence-electron chi connectivity index (χ2n) is 11.4. The van der Waals surface area contributed by atoms with E-state index in [9.17, 15) is 24.3 Å². The average Bonchev–Trinajstić information content (AvgIpc) is 3.00.